The van der Waals surface area contributed by atoms with E-state index in [1.165, 1.54) is 0 Å². The van der Waals surface area contributed by atoms with Crippen LogP contribution in [0.15, 0.2) is 0 Å². The third-order valence-corrected chi connectivity index (χ3v) is 3.73. The Morgan fingerprint density at radius 2 is 1.88 bits per heavy atom. The number of aliphatic carboxylic acids is 1. The SMILES string of the molecule is O=C(O)[C@@H]1C[C@@H](O)CN1S(=O)(=O)C(F)(F)F. The summed E-state index contributed by atoms with van der Waals surface area (Å²) in [6.45, 7) is -0.862. The highest BCUT2D eigenvalue weighted by Crippen LogP contribution is 2.32. The molecule has 1 heterocycles. The highest BCUT2D eigenvalue weighted by atomic mass is 32.2. The maximum Gasteiger partial charge on any atom is 0.511 e. The third kappa shape index (κ3) is 2.13. The summed E-state index contributed by atoms with van der Waals surface area (Å²) in [6.07, 6.45) is -1.96. The Bertz CT molecular complexity index is 391. The summed E-state index contributed by atoms with van der Waals surface area (Å²) in [5.74, 6) is -1.72. The van der Waals surface area contributed by atoms with Crippen molar-refractivity contribution in [2.75, 3.05) is 6.54 Å². The lowest BCUT2D eigenvalue weighted by Crippen LogP contribution is -2.46. The average molecular weight is 263 g/mol. The zero-order chi connectivity index (χ0) is 12.7. The summed E-state index contributed by atoms with van der Waals surface area (Å²) < 4.78 is 58.1. The molecule has 0 bridgehead atoms. The number of β-amino-alcohol motifs (C(OH)–C–C–N with tert-alkyl or cyclic N) is 1. The lowest BCUT2D eigenvalue weighted by atomic mass is 10.2. The van der Waals surface area contributed by atoms with Crippen molar-refractivity contribution >= 4 is 16.0 Å². The minimum atomic E-state index is -5.71. The summed E-state index contributed by atoms with van der Waals surface area (Å²) in [6, 6.07) is -1.87. The number of aliphatic hydroxyl groups is 1. The van der Waals surface area contributed by atoms with Crippen LogP contribution in [0.25, 0.3) is 0 Å². The van der Waals surface area contributed by atoms with Crippen LogP contribution in [0.4, 0.5) is 13.2 Å². The van der Waals surface area contributed by atoms with Crippen molar-refractivity contribution in [3.05, 3.63) is 0 Å². The van der Waals surface area contributed by atoms with Gasteiger partial charge in [-0.05, 0) is 0 Å². The summed E-state index contributed by atoms with van der Waals surface area (Å²) in [7, 11) is -5.71. The van der Waals surface area contributed by atoms with Crippen molar-refractivity contribution < 1.29 is 36.6 Å². The van der Waals surface area contributed by atoms with E-state index in [0.717, 1.165) is 0 Å². The highest BCUT2D eigenvalue weighted by Gasteiger charge is 2.55. The zero-order valence-corrected chi connectivity index (χ0v) is 8.49. The van der Waals surface area contributed by atoms with Crippen molar-refractivity contribution in [3.8, 4) is 0 Å². The molecule has 0 spiro atoms. The van der Waals surface area contributed by atoms with Crippen LogP contribution in [0, 0.1) is 0 Å². The van der Waals surface area contributed by atoms with E-state index >= 15 is 0 Å². The number of rotatable bonds is 2. The van der Waals surface area contributed by atoms with Gasteiger partial charge in [-0.3, -0.25) is 4.79 Å². The molecule has 2 N–H and O–H groups in total. The lowest BCUT2D eigenvalue weighted by molar-refractivity contribution is -0.141. The first kappa shape index (κ1) is 13.2. The molecule has 1 rings (SSSR count). The molecule has 2 atom stereocenters. The number of halogens is 3. The number of carboxylic acids is 1. The predicted molar refractivity (Wildman–Crippen MR) is 43.7 cm³/mol. The first-order chi connectivity index (χ1) is 7.07. The monoisotopic (exact) mass is 263 g/mol. The molecule has 94 valence electrons. The van der Waals surface area contributed by atoms with Crippen LogP contribution in [0.3, 0.4) is 0 Å². The molecule has 0 saturated carbocycles. The van der Waals surface area contributed by atoms with Crippen LogP contribution in [-0.4, -0.2) is 53.1 Å². The molecule has 0 aromatic heterocycles. The van der Waals surface area contributed by atoms with Gasteiger partial charge < -0.3 is 10.2 Å². The first-order valence-electron chi connectivity index (χ1n) is 4.06. The summed E-state index contributed by atoms with van der Waals surface area (Å²) in [4.78, 5) is 10.5. The number of carboxylic acid groups (broad SMARTS) is 1. The summed E-state index contributed by atoms with van der Waals surface area (Å²) in [5.41, 5.74) is -5.56. The maximum atomic E-state index is 12.1. The van der Waals surface area contributed by atoms with Crippen LogP contribution in [-0.2, 0) is 14.8 Å². The molecule has 0 radical (unpaired) electrons. The van der Waals surface area contributed by atoms with Crippen LogP contribution < -0.4 is 0 Å². The molecule has 1 aliphatic rings. The first-order valence-corrected chi connectivity index (χ1v) is 5.50. The standard InChI is InChI=1S/C6H8F3NO5S/c7-6(8,9)16(14,15)10-2-3(11)1-4(10)5(12)13/h3-4,11H,1-2H2,(H,12,13)/t3-,4+/m1/s1. The Kier molecular flexibility index (Phi) is 3.18. The Morgan fingerprint density at radius 1 is 1.38 bits per heavy atom. The largest absolute Gasteiger partial charge is 0.511 e. The van der Waals surface area contributed by atoms with E-state index in [0.29, 0.717) is 0 Å². The van der Waals surface area contributed by atoms with Crippen molar-refractivity contribution in [2.45, 2.75) is 24.1 Å². The number of aliphatic hydroxyl groups excluding tert-OH is 1. The van der Waals surface area contributed by atoms with E-state index in [9.17, 15) is 26.4 Å². The maximum absolute atomic E-state index is 12.1. The van der Waals surface area contributed by atoms with Crippen molar-refractivity contribution in [1.82, 2.24) is 4.31 Å². The molecule has 16 heavy (non-hydrogen) atoms. The second-order valence-corrected chi connectivity index (χ2v) is 5.15. The molecule has 1 aliphatic heterocycles. The fourth-order valence-electron chi connectivity index (χ4n) is 1.41. The molecule has 1 fully saturated rings. The Hall–Kier alpha value is -0.870. The van der Waals surface area contributed by atoms with E-state index in [1.807, 2.05) is 0 Å². The van der Waals surface area contributed by atoms with Gasteiger partial charge in [-0.2, -0.15) is 17.5 Å². The summed E-state index contributed by atoms with van der Waals surface area (Å²) in [5, 5.41) is 17.6. The van der Waals surface area contributed by atoms with E-state index in [1.54, 1.807) is 0 Å². The van der Waals surface area contributed by atoms with Gasteiger partial charge in [0, 0.05) is 13.0 Å². The number of sulfonamides is 1. The van der Waals surface area contributed by atoms with Gasteiger partial charge in [0.2, 0.25) is 0 Å². The second-order valence-electron chi connectivity index (χ2n) is 3.26. The number of hydrogen-bond donors (Lipinski definition) is 2. The van der Waals surface area contributed by atoms with Crippen LogP contribution in [0.5, 0.6) is 0 Å². The van der Waals surface area contributed by atoms with Gasteiger partial charge in [0.25, 0.3) is 0 Å². The Morgan fingerprint density at radius 3 is 2.25 bits per heavy atom. The molecular weight excluding hydrogens is 255 g/mol. The second kappa shape index (κ2) is 3.86. The average Bonchev–Trinajstić information content (AvgIpc) is 2.45. The zero-order valence-electron chi connectivity index (χ0n) is 7.68. The van der Waals surface area contributed by atoms with Gasteiger partial charge in [-0.25, -0.2) is 8.42 Å². The molecule has 10 heteroatoms. The minimum Gasteiger partial charge on any atom is -0.480 e. The topological polar surface area (TPSA) is 94.9 Å². The molecule has 0 amide bonds. The van der Waals surface area contributed by atoms with E-state index in [2.05, 4.69) is 0 Å². The molecule has 0 unspecified atom stereocenters. The quantitative estimate of drug-likeness (QED) is 0.690. The highest BCUT2D eigenvalue weighted by molar-refractivity contribution is 7.90. The Labute approximate surface area is 88.3 Å². The van der Waals surface area contributed by atoms with Crippen molar-refractivity contribution in [3.63, 3.8) is 0 Å². The minimum absolute atomic E-state index is 0.236. The molecule has 0 aliphatic carbocycles. The van der Waals surface area contributed by atoms with E-state index in [4.69, 9.17) is 10.2 Å². The third-order valence-electron chi connectivity index (χ3n) is 2.12. The van der Waals surface area contributed by atoms with E-state index in [-0.39, 0.29) is 4.31 Å². The number of alkyl halides is 3. The molecule has 0 aromatic rings. The van der Waals surface area contributed by atoms with Crippen LogP contribution >= 0.6 is 0 Å². The number of carbonyl (C=O) groups is 1. The normalized spacial score (nSPS) is 28.2. The molecular formula is C6H8F3NO5S. The smallest absolute Gasteiger partial charge is 0.480 e. The Balaban J connectivity index is 3.09. The van der Waals surface area contributed by atoms with E-state index < -0.39 is 46.6 Å². The van der Waals surface area contributed by atoms with Gasteiger partial charge >= 0.3 is 21.5 Å². The fourth-order valence-corrected chi connectivity index (χ4v) is 2.55. The van der Waals surface area contributed by atoms with Crippen LogP contribution in [0.2, 0.25) is 0 Å². The summed E-state index contributed by atoms with van der Waals surface area (Å²) >= 11 is 0. The van der Waals surface area contributed by atoms with Crippen molar-refractivity contribution in [1.29, 1.82) is 0 Å². The lowest BCUT2D eigenvalue weighted by Gasteiger charge is -2.21. The van der Waals surface area contributed by atoms with Crippen LogP contribution in [0.1, 0.15) is 6.42 Å². The number of nitrogens with zero attached hydrogens (tertiary/aromatic N) is 1. The van der Waals surface area contributed by atoms with Gasteiger partial charge in [0.1, 0.15) is 6.04 Å². The molecule has 0 aromatic carbocycles. The fraction of sp³-hybridized carbons (Fsp3) is 0.833. The van der Waals surface area contributed by atoms with Gasteiger partial charge in [-0.15, -0.1) is 0 Å². The van der Waals surface area contributed by atoms with Gasteiger partial charge in [0.05, 0.1) is 6.10 Å². The molecule has 6 nitrogen and oxygen atoms in total. The van der Waals surface area contributed by atoms with Gasteiger partial charge in [-0.1, -0.05) is 0 Å². The molecule has 1 saturated heterocycles. The van der Waals surface area contributed by atoms with Gasteiger partial charge in [0.15, 0.2) is 0 Å². The van der Waals surface area contributed by atoms with Crippen molar-refractivity contribution in [2.24, 2.45) is 0 Å². The predicted octanol–water partition coefficient (Wildman–Crippen LogP) is -0.644. The number of hydrogen-bond acceptors (Lipinski definition) is 4.